The number of aromatic amines is 1. The molecule has 1 fully saturated rings. The van der Waals surface area contributed by atoms with E-state index in [-0.39, 0.29) is 0 Å². The molecule has 1 aliphatic rings. The monoisotopic (exact) mass is 207 g/mol. The first-order valence-corrected chi connectivity index (χ1v) is 5.55. The van der Waals surface area contributed by atoms with Crippen LogP contribution in [0.15, 0.2) is 6.07 Å². The van der Waals surface area contributed by atoms with Crippen LogP contribution in [-0.4, -0.2) is 16.1 Å². The summed E-state index contributed by atoms with van der Waals surface area (Å²) in [7, 11) is 0. The lowest BCUT2D eigenvalue weighted by atomic mass is 9.80. The Morgan fingerprint density at radius 1 is 1.53 bits per heavy atom. The molecule has 0 bridgehead atoms. The molecule has 0 unspecified atom stereocenters. The fraction of sp³-hybridized carbons (Fsp3) is 0.583. The summed E-state index contributed by atoms with van der Waals surface area (Å²) >= 11 is 0. The lowest BCUT2D eigenvalue weighted by Crippen LogP contribution is -2.12. The van der Waals surface area contributed by atoms with Crippen molar-refractivity contribution < 1.29 is 9.90 Å². The molecule has 1 aliphatic carbocycles. The largest absolute Gasteiger partial charge is 0.477 e. The van der Waals surface area contributed by atoms with Gasteiger partial charge < -0.3 is 10.1 Å². The molecule has 0 aliphatic heterocycles. The van der Waals surface area contributed by atoms with Gasteiger partial charge in [-0.3, -0.25) is 0 Å². The number of aromatic nitrogens is 1. The fourth-order valence-corrected chi connectivity index (χ4v) is 2.02. The third kappa shape index (κ3) is 1.78. The molecule has 0 saturated heterocycles. The Balaban J connectivity index is 2.36. The molecule has 0 radical (unpaired) electrons. The number of carboxylic acids is 1. The van der Waals surface area contributed by atoms with Crippen molar-refractivity contribution in [1.82, 2.24) is 4.98 Å². The van der Waals surface area contributed by atoms with Crippen LogP contribution in [-0.2, 0) is 0 Å². The van der Waals surface area contributed by atoms with E-state index in [1.807, 2.05) is 6.07 Å². The number of carboxylic acid groups (broad SMARTS) is 1. The van der Waals surface area contributed by atoms with E-state index >= 15 is 0 Å². The maximum absolute atomic E-state index is 11.1. The molecule has 3 heteroatoms. The van der Waals surface area contributed by atoms with Gasteiger partial charge >= 0.3 is 5.97 Å². The molecule has 1 heterocycles. The zero-order valence-corrected chi connectivity index (χ0v) is 9.21. The first kappa shape index (κ1) is 10.3. The van der Waals surface area contributed by atoms with Crippen molar-refractivity contribution >= 4 is 5.97 Å². The number of rotatable bonds is 3. The van der Waals surface area contributed by atoms with Crippen LogP contribution in [0.4, 0.5) is 0 Å². The maximum Gasteiger partial charge on any atom is 0.352 e. The summed E-state index contributed by atoms with van der Waals surface area (Å²) in [5, 5.41) is 9.10. The Kier molecular flexibility index (Phi) is 2.55. The van der Waals surface area contributed by atoms with E-state index in [2.05, 4.69) is 18.8 Å². The van der Waals surface area contributed by atoms with Gasteiger partial charge in [-0.2, -0.15) is 0 Å². The van der Waals surface area contributed by atoms with Gasteiger partial charge in [0.15, 0.2) is 0 Å². The molecular weight excluding hydrogens is 190 g/mol. The number of H-pyrrole nitrogens is 1. The third-order valence-electron chi connectivity index (χ3n) is 3.25. The predicted molar refractivity (Wildman–Crippen MR) is 58.4 cm³/mol. The summed E-state index contributed by atoms with van der Waals surface area (Å²) in [5.74, 6) is 0.000534. The van der Waals surface area contributed by atoms with Gasteiger partial charge in [-0.05, 0) is 36.3 Å². The summed E-state index contributed by atoms with van der Waals surface area (Å²) in [6, 6.07) is 2.04. The van der Waals surface area contributed by atoms with Crippen LogP contribution >= 0.6 is 0 Å². The van der Waals surface area contributed by atoms with Crippen molar-refractivity contribution in [2.45, 2.75) is 44.9 Å². The average Bonchev–Trinajstić information content (AvgIpc) is 2.45. The summed E-state index contributed by atoms with van der Waals surface area (Å²) in [5.41, 5.74) is 2.45. The Hall–Kier alpha value is -1.25. The summed E-state index contributed by atoms with van der Waals surface area (Å²) < 4.78 is 0. The van der Waals surface area contributed by atoms with Crippen molar-refractivity contribution in [3.05, 3.63) is 23.0 Å². The van der Waals surface area contributed by atoms with Crippen molar-refractivity contribution in [1.29, 1.82) is 0 Å². The number of aromatic carboxylic acids is 1. The molecule has 3 nitrogen and oxygen atoms in total. The van der Waals surface area contributed by atoms with E-state index in [1.54, 1.807) is 0 Å². The van der Waals surface area contributed by atoms with Crippen LogP contribution in [0.5, 0.6) is 0 Å². The minimum atomic E-state index is -0.830. The normalized spacial score (nSPS) is 16.7. The highest BCUT2D eigenvalue weighted by Crippen LogP contribution is 2.39. The number of hydrogen-bond acceptors (Lipinski definition) is 1. The van der Waals surface area contributed by atoms with Gasteiger partial charge in [-0.1, -0.05) is 20.3 Å². The van der Waals surface area contributed by atoms with E-state index in [4.69, 9.17) is 5.11 Å². The molecule has 2 N–H and O–H groups in total. The first-order chi connectivity index (χ1) is 7.09. The predicted octanol–water partition coefficient (Wildman–Crippen LogP) is 3.10. The number of nitrogens with one attached hydrogen (secondary N) is 1. The van der Waals surface area contributed by atoms with E-state index in [1.165, 1.54) is 6.42 Å². The smallest absolute Gasteiger partial charge is 0.352 e. The van der Waals surface area contributed by atoms with E-state index in [0.717, 1.165) is 24.1 Å². The Labute approximate surface area is 89.5 Å². The lowest BCUT2D eigenvalue weighted by molar-refractivity contribution is 0.0688. The molecule has 2 rings (SSSR count). The maximum atomic E-state index is 11.1. The molecule has 1 saturated carbocycles. The Morgan fingerprint density at radius 3 is 2.60 bits per heavy atom. The van der Waals surface area contributed by atoms with E-state index in [9.17, 15) is 4.79 Å². The fourth-order valence-electron chi connectivity index (χ4n) is 2.02. The van der Waals surface area contributed by atoms with Gasteiger partial charge in [0.05, 0.1) is 0 Å². The van der Waals surface area contributed by atoms with Gasteiger partial charge in [-0.25, -0.2) is 4.79 Å². The molecule has 0 aromatic carbocycles. The molecule has 15 heavy (non-hydrogen) atoms. The Morgan fingerprint density at radius 2 is 2.20 bits per heavy atom. The summed E-state index contributed by atoms with van der Waals surface area (Å²) in [6.45, 7) is 4.14. The SMILES string of the molecule is CC(C)c1cc(C2CCC2)c(C(=O)O)[nH]1. The third-order valence-corrected chi connectivity index (χ3v) is 3.25. The van der Waals surface area contributed by atoms with Crippen LogP contribution in [0.25, 0.3) is 0 Å². The van der Waals surface area contributed by atoms with E-state index < -0.39 is 5.97 Å². The lowest BCUT2D eigenvalue weighted by Gasteiger charge is -2.25. The highest BCUT2D eigenvalue weighted by atomic mass is 16.4. The Bertz CT molecular complexity index is 375. The molecule has 0 spiro atoms. The second-order valence-electron chi connectivity index (χ2n) is 4.64. The second kappa shape index (κ2) is 3.72. The highest BCUT2D eigenvalue weighted by Gasteiger charge is 2.26. The van der Waals surface area contributed by atoms with Gasteiger partial charge in [0.2, 0.25) is 0 Å². The molecule has 1 aromatic heterocycles. The first-order valence-electron chi connectivity index (χ1n) is 5.55. The van der Waals surface area contributed by atoms with Crippen molar-refractivity contribution in [3.63, 3.8) is 0 Å². The van der Waals surface area contributed by atoms with Gasteiger partial charge in [0, 0.05) is 5.69 Å². The topological polar surface area (TPSA) is 53.1 Å². The van der Waals surface area contributed by atoms with Gasteiger partial charge in [-0.15, -0.1) is 0 Å². The molecule has 1 aromatic rings. The minimum absolute atomic E-state index is 0.358. The molecule has 0 atom stereocenters. The highest BCUT2D eigenvalue weighted by molar-refractivity contribution is 5.87. The second-order valence-corrected chi connectivity index (χ2v) is 4.64. The standard InChI is InChI=1S/C12H17NO2/c1-7(2)10-6-9(8-4-3-5-8)11(13-10)12(14)15/h6-8,13H,3-5H2,1-2H3,(H,14,15). The van der Waals surface area contributed by atoms with Crippen LogP contribution in [0.1, 0.15) is 66.7 Å². The molecule has 0 amide bonds. The van der Waals surface area contributed by atoms with Crippen LogP contribution in [0.3, 0.4) is 0 Å². The van der Waals surface area contributed by atoms with Crippen molar-refractivity contribution in [3.8, 4) is 0 Å². The van der Waals surface area contributed by atoms with Gasteiger partial charge in [0.1, 0.15) is 5.69 Å². The quantitative estimate of drug-likeness (QED) is 0.800. The average molecular weight is 207 g/mol. The van der Waals surface area contributed by atoms with Crippen molar-refractivity contribution in [2.24, 2.45) is 0 Å². The zero-order valence-electron chi connectivity index (χ0n) is 9.21. The summed E-state index contributed by atoms with van der Waals surface area (Å²) in [4.78, 5) is 14.1. The molecular formula is C12H17NO2. The van der Waals surface area contributed by atoms with Gasteiger partial charge in [0.25, 0.3) is 0 Å². The van der Waals surface area contributed by atoms with Crippen LogP contribution < -0.4 is 0 Å². The van der Waals surface area contributed by atoms with Crippen LogP contribution in [0, 0.1) is 0 Å². The van der Waals surface area contributed by atoms with E-state index in [0.29, 0.717) is 17.5 Å². The summed E-state index contributed by atoms with van der Waals surface area (Å²) in [6.07, 6.45) is 3.50. The van der Waals surface area contributed by atoms with Crippen LogP contribution in [0.2, 0.25) is 0 Å². The minimum Gasteiger partial charge on any atom is -0.477 e. The zero-order chi connectivity index (χ0) is 11.0. The van der Waals surface area contributed by atoms with Crippen molar-refractivity contribution in [2.75, 3.05) is 0 Å². The number of carbonyl (C=O) groups is 1. The molecule has 82 valence electrons. The number of hydrogen-bond donors (Lipinski definition) is 2.